The van der Waals surface area contributed by atoms with Gasteiger partial charge in [0, 0.05) is 24.0 Å². The van der Waals surface area contributed by atoms with Crippen LogP contribution < -0.4 is 9.47 Å². The van der Waals surface area contributed by atoms with Gasteiger partial charge in [-0.15, -0.1) is 0 Å². The second-order valence-corrected chi connectivity index (χ2v) is 9.78. The Morgan fingerprint density at radius 3 is 1.77 bits per heavy atom. The van der Waals surface area contributed by atoms with Crippen LogP contribution >= 0.6 is 0 Å². The summed E-state index contributed by atoms with van der Waals surface area (Å²) in [6.07, 6.45) is -4.29. The Balaban J connectivity index is 1.76. The van der Waals surface area contributed by atoms with Crippen LogP contribution in [-0.2, 0) is 34.7 Å². The van der Waals surface area contributed by atoms with Gasteiger partial charge >= 0.3 is 18.3 Å². The lowest BCUT2D eigenvalue weighted by Gasteiger charge is -2.14. The van der Waals surface area contributed by atoms with Crippen LogP contribution in [0.2, 0.25) is 0 Å². The average Bonchev–Trinajstić information content (AvgIpc) is 2.96. The number of hydrogen-bond donors (Lipinski definition) is 0. The van der Waals surface area contributed by atoms with Crippen molar-refractivity contribution in [3.63, 3.8) is 0 Å². The summed E-state index contributed by atoms with van der Waals surface area (Å²) in [6.45, 7) is 4.30. The molecule has 3 aromatic rings. The third-order valence-electron chi connectivity index (χ3n) is 6.52. The summed E-state index contributed by atoms with van der Waals surface area (Å²) in [6, 6.07) is 14.8. The third-order valence-corrected chi connectivity index (χ3v) is 6.52. The molecule has 0 fully saturated rings. The molecular weight excluding hydrogens is 574 g/mol. The molecular formula is C33H34F6O4. The van der Waals surface area contributed by atoms with E-state index in [9.17, 15) is 31.1 Å². The van der Waals surface area contributed by atoms with Gasteiger partial charge in [-0.2, -0.15) is 26.3 Å². The van der Waals surface area contributed by atoms with Gasteiger partial charge < -0.3 is 14.2 Å². The molecule has 0 amide bonds. The summed E-state index contributed by atoms with van der Waals surface area (Å²) in [7, 11) is 0. The molecule has 0 N–H and O–H groups in total. The van der Waals surface area contributed by atoms with Gasteiger partial charge in [0.1, 0.15) is 11.5 Å². The monoisotopic (exact) mass is 608 g/mol. The highest BCUT2D eigenvalue weighted by Crippen LogP contribution is 2.31. The predicted molar refractivity (Wildman–Crippen MR) is 152 cm³/mol. The molecule has 4 nitrogen and oxygen atoms in total. The van der Waals surface area contributed by atoms with Crippen molar-refractivity contribution in [3.05, 3.63) is 100 Å². The number of hydrogen-bond acceptors (Lipinski definition) is 4. The number of alkyl halides is 6. The highest BCUT2D eigenvalue weighted by molar-refractivity contribution is 5.94. The van der Waals surface area contributed by atoms with Crippen molar-refractivity contribution in [3.8, 4) is 11.5 Å². The maximum atomic E-state index is 12.9. The Hall–Kier alpha value is -3.95. The first kappa shape index (κ1) is 33.6. The lowest BCUT2D eigenvalue weighted by Crippen LogP contribution is -2.09. The molecule has 0 saturated heterocycles. The van der Waals surface area contributed by atoms with Crippen molar-refractivity contribution in [2.45, 2.75) is 58.3 Å². The van der Waals surface area contributed by atoms with Crippen LogP contribution in [0.25, 0.3) is 6.08 Å². The fourth-order valence-electron chi connectivity index (χ4n) is 4.16. The van der Waals surface area contributed by atoms with Crippen LogP contribution in [-0.4, -0.2) is 25.8 Å². The van der Waals surface area contributed by atoms with Gasteiger partial charge in [-0.05, 0) is 79.4 Å². The van der Waals surface area contributed by atoms with E-state index < -0.39 is 29.4 Å². The third kappa shape index (κ3) is 10.7. The molecule has 10 heteroatoms. The summed E-state index contributed by atoms with van der Waals surface area (Å²) in [5.74, 6) is 0.465. The first-order valence-corrected chi connectivity index (χ1v) is 14.0. The molecule has 0 unspecified atom stereocenters. The van der Waals surface area contributed by atoms with Gasteiger partial charge in [0.15, 0.2) is 0 Å². The largest absolute Gasteiger partial charge is 0.493 e. The van der Waals surface area contributed by atoms with E-state index in [2.05, 4.69) is 0 Å². The van der Waals surface area contributed by atoms with E-state index in [1.807, 2.05) is 6.92 Å². The number of benzene rings is 3. The van der Waals surface area contributed by atoms with Gasteiger partial charge in [0.05, 0.1) is 30.9 Å². The van der Waals surface area contributed by atoms with E-state index in [-0.39, 0.29) is 19.8 Å². The zero-order chi connectivity index (χ0) is 31.5. The highest BCUT2D eigenvalue weighted by Gasteiger charge is 2.30. The number of halogens is 6. The van der Waals surface area contributed by atoms with E-state index in [0.717, 1.165) is 37.1 Å². The molecule has 232 valence electrons. The molecule has 0 radical (unpaired) electrons. The lowest BCUT2D eigenvalue weighted by atomic mass is 10.0. The minimum absolute atomic E-state index is 0.171. The Labute approximate surface area is 247 Å². The van der Waals surface area contributed by atoms with Gasteiger partial charge in [-0.3, -0.25) is 0 Å². The number of ether oxygens (including phenoxy) is 3. The van der Waals surface area contributed by atoms with Gasteiger partial charge in [0.25, 0.3) is 0 Å². The van der Waals surface area contributed by atoms with E-state index in [4.69, 9.17) is 14.2 Å². The Morgan fingerprint density at radius 2 is 1.28 bits per heavy atom. The summed E-state index contributed by atoms with van der Waals surface area (Å²) in [5.41, 5.74) is 0.917. The molecule has 0 atom stereocenters. The van der Waals surface area contributed by atoms with Crippen molar-refractivity contribution in [2.75, 3.05) is 19.8 Å². The number of carbonyl (C=O) groups excluding carboxylic acids is 1. The highest BCUT2D eigenvalue weighted by atomic mass is 19.4. The SMILES string of the molecule is CCCC/C(=C\c1cc(OCCc2ccc(C(F)(F)F)cc2)ccc1OCCc1ccc(C(F)(F)F)cc1)C(=O)OCC. The van der Waals surface area contributed by atoms with Crippen molar-refractivity contribution in [2.24, 2.45) is 0 Å². The number of carbonyl (C=O) groups is 1. The smallest absolute Gasteiger partial charge is 0.416 e. The molecule has 0 aromatic heterocycles. The van der Waals surface area contributed by atoms with Crippen molar-refractivity contribution in [1.29, 1.82) is 0 Å². The normalized spacial score (nSPS) is 12.2. The number of esters is 1. The molecule has 0 spiro atoms. The minimum atomic E-state index is -4.41. The van der Waals surface area contributed by atoms with Crippen LogP contribution in [0.15, 0.2) is 72.3 Å². The fraction of sp³-hybridized carbons (Fsp3) is 0.364. The molecule has 0 aliphatic rings. The van der Waals surface area contributed by atoms with Gasteiger partial charge in [0.2, 0.25) is 0 Å². The Bertz CT molecular complexity index is 1340. The second-order valence-electron chi connectivity index (χ2n) is 9.78. The fourth-order valence-corrected chi connectivity index (χ4v) is 4.16. The lowest BCUT2D eigenvalue weighted by molar-refractivity contribution is -0.139. The summed E-state index contributed by atoms with van der Waals surface area (Å²) < 4.78 is 94.2. The van der Waals surface area contributed by atoms with Crippen LogP contribution in [0.5, 0.6) is 11.5 Å². The zero-order valence-electron chi connectivity index (χ0n) is 24.0. The second kappa shape index (κ2) is 15.5. The molecule has 0 heterocycles. The maximum Gasteiger partial charge on any atom is 0.416 e. The van der Waals surface area contributed by atoms with Crippen molar-refractivity contribution < 1.29 is 45.3 Å². The summed E-state index contributed by atoms with van der Waals surface area (Å²) in [5, 5.41) is 0. The Kier molecular flexibility index (Phi) is 12.1. The molecule has 43 heavy (non-hydrogen) atoms. The average molecular weight is 609 g/mol. The van der Waals surface area contributed by atoms with Crippen LogP contribution in [0.4, 0.5) is 26.3 Å². The topological polar surface area (TPSA) is 44.8 Å². The molecule has 0 saturated carbocycles. The van der Waals surface area contributed by atoms with E-state index >= 15 is 0 Å². The maximum absolute atomic E-state index is 12.9. The van der Waals surface area contributed by atoms with Crippen LogP contribution in [0, 0.1) is 0 Å². The van der Waals surface area contributed by atoms with Crippen molar-refractivity contribution >= 4 is 12.0 Å². The standard InChI is InChI=1S/C33H34F6O4/c1-3-5-6-25(31(40)41-4-2)21-26-22-29(42-19-17-23-7-11-27(12-8-23)32(34,35)36)15-16-30(26)43-20-18-24-9-13-28(14-10-24)33(37,38)39/h7-16,21-22H,3-6,17-20H2,1-2H3/b25-21+. The molecule has 0 aliphatic heterocycles. The number of unbranched alkanes of at least 4 members (excludes halogenated alkanes) is 1. The minimum Gasteiger partial charge on any atom is -0.493 e. The quantitative estimate of drug-likeness (QED) is 0.104. The van der Waals surface area contributed by atoms with Gasteiger partial charge in [-0.1, -0.05) is 37.6 Å². The zero-order valence-corrected chi connectivity index (χ0v) is 24.0. The first-order chi connectivity index (χ1) is 20.4. The van der Waals surface area contributed by atoms with Gasteiger partial charge in [-0.25, -0.2) is 4.79 Å². The van der Waals surface area contributed by atoms with E-state index in [1.54, 1.807) is 31.2 Å². The van der Waals surface area contributed by atoms with E-state index in [1.165, 1.54) is 24.3 Å². The predicted octanol–water partition coefficient (Wildman–Crippen LogP) is 9.10. The summed E-state index contributed by atoms with van der Waals surface area (Å²) in [4.78, 5) is 12.6. The number of rotatable bonds is 14. The van der Waals surface area contributed by atoms with Crippen LogP contribution in [0.3, 0.4) is 0 Å². The Morgan fingerprint density at radius 1 is 0.744 bits per heavy atom. The van der Waals surface area contributed by atoms with E-state index in [0.29, 0.717) is 53.0 Å². The van der Waals surface area contributed by atoms with Crippen LogP contribution in [0.1, 0.15) is 60.9 Å². The van der Waals surface area contributed by atoms with Crippen molar-refractivity contribution in [1.82, 2.24) is 0 Å². The molecule has 3 rings (SSSR count). The molecule has 0 aliphatic carbocycles. The first-order valence-electron chi connectivity index (χ1n) is 14.0. The molecule has 0 bridgehead atoms. The molecule has 3 aromatic carbocycles. The summed E-state index contributed by atoms with van der Waals surface area (Å²) >= 11 is 0.